The second-order valence-corrected chi connectivity index (χ2v) is 7.66. The van der Waals surface area contributed by atoms with Crippen LogP contribution in [0.4, 0.5) is 0 Å². The molecule has 0 saturated heterocycles. The van der Waals surface area contributed by atoms with Crippen molar-refractivity contribution in [2.75, 3.05) is 26.4 Å². The van der Waals surface area contributed by atoms with Crippen molar-refractivity contribution in [3.05, 3.63) is 0 Å². The number of carbonyl (C=O) groups excluding carboxylic acids is 1. The largest absolute Gasteiger partial charge is 0.465 e. The molecule has 4 nitrogen and oxygen atoms in total. The van der Waals surface area contributed by atoms with Gasteiger partial charge in [0.05, 0.1) is 13.2 Å². The molecule has 0 bridgehead atoms. The molecule has 0 amide bonds. The molecule has 0 aromatic heterocycles. The van der Waals surface area contributed by atoms with Gasteiger partial charge in [-0.05, 0) is 30.1 Å². The minimum Gasteiger partial charge on any atom is -0.465 e. The third-order valence-electron chi connectivity index (χ3n) is 2.63. The summed E-state index contributed by atoms with van der Waals surface area (Å²) < 4.78 is 10.2. The third kappa shape index (κ3) is 27.7. The molecule has 0 atom stereocenters. The molecule has 0 radical (unpaired) electrons. The first-order chi connectivity index (χ1) is 9.52. The fourth-order valence-electron chi connectivity index (χ4n) is 1.15. The molecular formula is C18H41NO3. The maximum absolute atomic E-state index is 10.6. The highest BCUT2D eigenvalue weighted by Crippen LogP contribution is 2.18. The van der Waals surface area contributed by atoms with Gasteiger partial charge in [-0.2, -0.15) is 0 Å². The summed E-state index contributed by atoms with van der Waals surface area (Å²) in [7, 11) is 0. The first-order valence-corrected chi connectivity index (χ1v) is 7.95. The van der Waals surface area contributed by atoms with E-state index in [1.807, 2.05) is 0 Å². The van der Waals surface area contributed by atoms with Crippen LogP contribution in [0.1, 0.15) is 75.2 Å². The number of rotatable bonds is 7. The van der Waals surface area contributed by atoms with Crippen LogP contribution in [0, 0.1) is 10.8 Å². The highest BCUT2D eigenvalue weighted by atomic mass is 16.5. The van der Waals surface area contributed by atoms with Gasteiger partial charge in [0.1, 0.15) is 0 Å². The molecule has 0 aliphatic heterocycles. The van der Waals surface area contributed by atoms with Gasteiger partial charge in [-0.3, -0.25) is 4.79 Å². The minimum atomic E-state index is -0.325. The molecule has 0 aliphatic carbocycles. The van der Waals surface area contributed by atoms with Gasteiger partial charge in [0, 0.05) is 13.2 Å². The second kappa shape index (κ2) is 14.0. The highest BCUT2D eigenvalue weighted by molar-refractivity contribution is 5.71. The normalized spacial score (nSPS) is 11.1. The molecule has 0 unspecified atom stereocenters. The van der Waals surface area contributed by atoms with E-state index in [0.29, 0.717) is 12.0 Å². The second-order valence-electron chi connectivity index (χ2n) is 7.66. The Bertz CT molecular complexity index is 252. The molecule has 4 heteroatoms. The predicted molar refractivity (Wildman–Crippen MR) is 96.0 cm³/mol. The zero-order chi connectivity index (χ0) is 16.9. The zero-order valence-corrected chi connectivity index (χ0v) is 15.3. The van der Waals surface area contributed by atoms with Gasteiger partial charge in [0.15, 0.2) is 0 Å². The Labute approximate surface area is 139 Å². The smallest absolute Gasteiger partial charge is 0.319 e. The number of carbonyl (C=O) groups is 1. The maximum Gasteiger partial charge on any atom is 0.319 e. The average molecular weight is 320 g/mol. The van der Waals surface area contributed by atoms with Crippen molar-refractivity contribution >= 4 is 5.97 Å². The van der Waals surface area contributed by atoms with E-state index in [-0.39, 0.29) is 25.4 Å². The molecule has 0 aromatic rings. The van der Waals surface area contributed by atoms with E-state index in [1.165, 1.54) is 0 Å². The van der Waals surface area contributed by atoms with Crippen LogP contribution >= 0.6 is 0 Å². The number of esters is 1. The van der Waals surface area contributed by atoms with Crippen molar-refractivity contribution in [3.63, 3.8) is 0 Å². The predicted octanol–water partition coefficient (Wildman–Crippen LogP) is 4.41. The molecule has 136 valence electrons. The van der Waals surface area contributed by atoms with E-state index < -0.39 is 0 Å². The molecule has 0 fully saturated rings. The quantitative estimate of drug-likeness (QED) is 0.558. The van der Waals surface area contributed by atoms with Crippen LogP contribution in [0.25, 0.3) is 0 Å². The van der Waals surface area contributed by atoms with Gasteiger partial charge in [-0.15, -0.1) is 0 Å². The summed E-state index contributed by atoms with van der Waals surface area (Å²) in [5, 5.41) is 0. The van der Waals surface area contributed by atoms with Crippen molar-refractivity contribution in [1.29, 1.82) is 0 Å². The number of hydrogen-bond acceptors (Lipinski definition) is 4. The maximum atomic E-state index is 10.6. The lowest BCUT2D eigenvalue weighted by Crippen LogP contribution is -2.19. The summed E-state index contributed by atoms with van der Waals surface area (Å²) in [4.78, 5) is 10.6. The Morgan fingerprint density at radius 2 is 1.36 bits per heavy atom. The lowest BCUT2D eigenvalue weighted by atomic mass is 9.93. The first-order valence-electron chi connectivity index (χ1n) is 7.95. The van der Waals surface area contributed by atoms with Crippen LogP contribution in [0.2, 0.25) is 0 Å². The van der Waals surface area contributed by atoms with Crippen LogP contribution < -0.4 is 5.73 Å². The Balaban J connectivity index is -0.000000315. The fourth-order valence-corrected chi connectivity index (χ4v) is 1.15. The van der Waals surface area contributed by atoms with Crippen LogP contribution in [0.15, 0.2) is 0 Å². The van der Waals surface area contributed by atoms with Crippen molar-refractivity contribution < 1.29 is 14.3 Å². The van der Waals surface area contributed by atoms with E-state index in [1.54, 1.807) is 0 Å². The molecule has 0 aromatic carbocycles. The molecule has 0 aliphatic rings. The lowest BCUT2D eigenvalue weighted by molar-refractivity contribution is -0.142. The summed E-state index contributed by atoms with van der Waals surface area (Å²) in [6, 6.07) is 0. The summed E-state index contributed by atoms with van der Waals surface area (Å²) in [5.41, 5.74) is 5.69. The van der Waals surface area contributed by atoms with Crippen molar-refractivity contribution in [2.24, 2.45) is 16.6 Å². The number of nitrogens with two attached hydrogens (primary N) is 1. The van der Waals surface area contributed by atoms with E-state index in [4.69, 9.17) is 15.2 Å². The molecule has 22 heavy (non-hydrogen) atoms. The van der Waals surface area contributed by atoms with Gasteiger partial charge in [-0.1, -0.05) is 55.9 Å². The van der Waals surface area contributed by atoms with Crippen molar-refractivity contribution in [3.8, 4) is 0 Å². The molecular weight excluding hydrogens is 278 g/mol. The van der Waals surface area contributed by atoms with E-state index in [2.05, 4.69) is 48.5 Å². The van der Waals surface area contributed by atoms with Gasteiger partial charge in [0.2, 0.25) is 0 Å². The third-order valence-corrected chi connectivity index (χ3v) is 2.63. The van der Waals surface area contributed by atoms with Crippen LogP contribution in [-0.4, -0.2) is 32.3 Å². The fraction of sp³-hybridized carbons (Fsp3) is 0.944. The van der Waals surface area contributed by atoms with Crippen LogP contribution in [0.3, 0.4) is 0 Å². The molecule has 0 saturated carbocycles. The van der Waals surface area contributed by atoms with Crippen LogP contribution in [0.5, 0.6) is 0 Å². The molecule has 0 spiro atoms. The lowest BCUT2D eigenvalue weighted by Gasteiger charge is -2.17. The van der Waals surface area contributed by atoms with Gasteiger partial charge >= 0.3 is 5.97 Å². The Morgan fingerprint density at radius 3 is 1.73 bits per heavy atom. The monoisotopic (exact) mass is 319 g/mol. The summed E-state index contributed by atoms with van der Waals surface area (Å²) in [6.07, 6.45) is 3.16. The summed E-state index contributed by atoms with van der Waals surface area (Å²) >= 11 is 0. The summed E-state index contributed by atoms with van der Waals surface area (Å²) in [6.45, 7) is 17.4. The Hall–Kier alpha value is -0.610. The van der Waals surface area contributed by atoms with E-state index in [9.17, 15) is 4.79 Å². The highest BCUT2D eigenvalue weighted by Gasteiger charge is 2.10. The zero-order valence-electron chi connectivity index (χ0n) is 15.3. The molecule has 0 heterocycles. The Morgan fingerprint density at radius 1 is 0.909 bits per heavy atom. The van der Waals surface area contributed by atoms with E-state index >= 15 is 0 Å². The van der Waals surface area contributed by atoms with Crippen LogP contribution in [-0.2, 0) is 14.3 Å². The number of hydrogen-bond donors (Lipinski definition) is 1. The first kappa shape index (κ1) is 26.3. The average Bonchev–Trinajstić information content (AvgIpc) is 2.32. The summed E-state index contributed by atoms with van der Waals surface area (Å²) in [5.74, 6) is -0.325. The molecule has 0 rings (SSSR count). The minimum absolute atomic E-state index is 0. The topological polar surface area (TPSA) is 61.5 Å². The Kier molecular flexibility index (Phi) is 16.7. The van der Waals surface area contributed by atoms with Gasteiger partial charge in [0.25, 0.3) is 0 Å². The SMILES string of the molecule is C.CC(C)(C)CCOC(=O)CN.CCCOCCC(C)(C)C. The van der Waals surface area contributed by atoms with Gasteiger partial charge in [-0.25, -0.2) is 0 Å². The van der Waals surface area contributed by atoms with Crippen molar-refractivity contribution in [2.45, 2.75) is 75.2 Å². The molecule has 2 N–H and O–H groups in total. The standard InChI is InChI=1S/C9H20O.C8H17NO2.CH4/c1-5-7-10-8-6-9(2,3)4;1-8(2,3)4-5-11-7(10)6-9;/h5-8H2,1-4H3;4-6,9H2,1-3H3;1H4. The van der Waals surface area contributed by atoms with E-state index in [0.717, 1.165) is 32.5 Å². The van der Waals surface area contributed by atoms with Gasteiger partial charge < -0.3 is 15.2 Å². The van der Waals surface area contributed by atoms with Crippen molar-refractivity contribution in [1.82, 2.24) is 0 Å². The number of ether oxygens (including phenoxy) is 2.